The average Bonchev–Trinajstić information content (AvgIpc) is 2.47. The van der Waals surface area contributed by atoms with E-state index in [1.165, 1.54) is 0 Å². The second kappa shape index (κ2) is 7.05. The van der Waals surface area contributed by atoms with Gasteiger partial charge in [-0.3, -0.25) is 4.79 Å². The van der Waals surface area contributed by atoms with E-state index >= 15 is 0 Å². The fourth-order valence-electron chi connectivity index (χ4n) is 3.19. The zero-order valence-corrected chi connectivity index (χ0v) is 12.7. The number of rotatable bonds is 5. The van der Waals surface area contributed by atoms with Gasteiger partial charge in [0.15, 0.2) is 0 Å². The molecule has 21 heavy (non-hydrogen) atoms. The number of nitrogens with one attached hydrogen (secondary N) is 1. The van der Waals surface area contributed by atoms with E-state index in [0.717, 1.165) is 31.2 Å². The van der Waals surface area contributed by atoms with Crippen molar-refractivity contribution >= 4 is 5.91 Å². The van der Waals surface area contributed by atoms with Crippen molar-refractivity contribution < 1.29 is 9.90 Å². The van der Waals surface area contributed by atoms with Gasteiger partial charge in [0.1, 0.15) is 0 Å². The predicted molar refractivity (Wildman–Crippen MR) is 83.7 cm³/mol. The Hall–Kier alpha value is -1.39. The topological polar surface area (TPSA) is 75.4 Å². The first-order valence-electron chi connectivity index (χ1n) is 7.78. The molecule has 1 aliphatic rings. The SMILES string of the molecule is CC1CCCC(N)(C(=O)NC(CO)Cc2ccccc2)C1. The molecular formula is C17H26N2O2. The molecule has 3 atom stereocenters. The molecule has 116 valence electrons. The van der Waals surface area contributed by atoms with E-state index < -0.39 is 5.54 Å². The first-order chi connectivity index (χ1) is 10.0. The van der Waals surface area contributed by atoms with Gasteiger partial charge in [0.2, 0.25) is 5.91 Å². The van der Waals surface area contributed by atoms with Crippen LogP contribution >= 0.6 is 0 Å². The van der Waals surface area contributed by atoms with Crippen LogP contribution in [0.2, 0.25) is 0 Å². The van der Waals surface area contributed by atoms with Crippen molar-refractivity contribution in [1.29, 1.82) is 0 Å². The van der Waals surface area contributed by atoms with Crippen molar-refractivity contribution in [2.75, 3.05) is 6.61 Å². The first kappa shape index (κ1) is 16.0. The smallest absolute Gasteiger partial charge is 0.240 e. The highest BCUT2D eigenvalue weighted by molar-refractivity contribution is 5.86. The Balaban J connectivity index is 1.96. The summed E-state index contributed by atoms with van der Waals surface area (Å²) in [7, 11) is 0. The number of hydrogen-bond donors (Lipinski definition) is 3. The third kappa shape index (κ3) is 4.29. The summed E-state index contributed by atoms with van der Waals surface area (Å²) in [5.74, 6) is 0.361. The van der Waals surface area contributed by atoms with E-state index in [0.29, 0.717) is 12.3 Å². The Kier molecular flexibility index (Phi) is 5.37. The van der Waals surface area contributed by atoms with E-state index in [-0.39, 0.29) is 18.6 Å². The van der Waals surface area contributed by atoms with Crippen LogP contribution in [0.4, 0.5) is 0 Å². The van der Waals surface area contributed by atoms with Crippen molar-refractivity contribution in [2.24, 2.45) is 11.7 Å². The van der Waals surface area contributed by atoms with Crippen LogP contribution in [0.5, 0.6) is 0 Å². The monoisotopic (exact) mass is 290 g/mol. The molecule has 1 aromatic carbocycles. The standard InChI is InChI=1S/C17H26N2O2/c1-13-6-5-9-17(18,11-13)16(21)19-15(12-20)10-14-7-3-2-4-8-14/h2-4,7-8,13,15,20H,5-6,9-12,18H2,1H3,(H,19,21). The highest BCUT2D eigenvalue weighted by atomic mass is 16.3. The quantitative estimate of drug-likeness (QED) is 0.771. The van der Waals surface area contributed by atoms with Gasteiger partial charge in [0, 0.05) is 0 Å². The zero-order chi connectivity index (χ0) is 15.3. The van der Waals surface area contributed by atoms with Gasteiger partial charge in [0.05, 0.1) is 18.2 Å². The van der Waals surface area contributed by atoms with E-state index in [2.05, 4.69) is 12.2 Å². The van der Waals surface area contributed by atoms with Gasteiger partial charge in [-0.05, 0) is 30.7 Å². The fourth-order valence-corrected chi connectivity index (χ4v) is 3.19. The van der Waals surface area contributed by atoms with E-state index in [4.69, 9.17) is 5.73 Å². The van der Waals surface area contributed by atoms with Crippen LogP contribution in [0.25, 0.3) is 0 Å². The van der Waals surface area contributed by atoms with Gasteiger partial charge in [-0.25, -0.2) is 0 Å². The van der Waals surface area contributed by atoms with Gasteiger partial charge in [-0.1, -0.05) is 50.1 Å². The van der Waals surface area contributed by atoms with Gasteiger partial charge in [0.25, 0.3) is 0 Å². The Morgan fingerprint density at radius 2 is 2.19 bits per heavy atom. The lowest BCUT2D eigenvalue weighted by molar-refractivity contribution is -0.129. The van der Waals surface area contributed by atoms with Crippen molar-refractivity contribution in [3.05, 3.63) is 35.9 Å². The molecule has 0 spiro atoms. The minimum absolute atomic E-state index is 0.0771. The Morgan fingerprint density at radius 1 is 1.48 bits per heavy atom. The summed E-state index contributed by atoms with van der Waals surface area (Å²) in [6.45, 7) is 2.06. The molecule has 2 rings (SSSR count). The summed E-state index contributed by atoms with van der Waals surface area (Å²) in [4.78, 5) is 12.5. The van der Waals surface area contributed by atoms with Crippen LogP contribution in [0, 0.1) is 5.92 Å². The summed E-state index contributed by atoms with van der Waals surface area (Å²) >= 11 is 0. The number of nitrogens with two attached hydrogens (primary N) is 1. The first-order valence-corrected chi connectivity index (χ1v) is 7.78. The highest BCUT2D eigenvalue weighted by Gasteiger charge is 2.38. The fraction of sp³-hybridized carbons (Fsp3) is 0.588. The molecule has 4 heteroatoms. The van der Waals surface area contributed by atoms with Gasteiger partial charge in [-0.15, -0.1) is 0 Å². The minimum atomic E-state index is -0.776. The summed E-state index contributed by atoms with van der Waals surface area (Å²) < 4.78 is 0. The van der Waals surface area contributed by atoms with E-state index in [9.17, 15) is 9.90 Å². The van der Waals surface area contributed by atoms with Crippen LogP contribution in [-0.2, 0) is 11.2 Å². The summed E-state index contributed by atoms with van der Waals surface area (Å²) in [6, 6.07) is 9.58. The van der Waals surface area contributed by atoms with Gasteiger partial charge in [-0.2, -0.15) is 0 Å². The molecule has 1 aromatic rings. The van der Waals surface area contributed by atoms with E-state index in [1.807, 2.05) is 30.3 Å². The molecule has 4 N–H and O–H groups in total. The number of aliphatic hydroxyl groups is 1. The van der Waals surface area contributed by atoms with Crippen molar-refractivity contribution in [2.45, 2.75) is 50.6 Å². The number of carbonyl (C=O) groups excluding carboxylic acids is 1. The molecule has 1 amide bonds. The molecule has 0 aliphatic heterocycles. The maximum Gasteiger partial charge on any atom is 0.240 e. The van der Waals surface area contributed by atoms with Crippen molar-refractivity contribution in [3.8, 4) is 0 Å². The average molecular weight is 290 g/mol. The van der Waals surface area contributed by atoms with Crippen LogP contribution in [-0.4, -0.2) is 29.2 Å². The lowest BCUT2D eigenvalue weighted by Gasteiger charge is -2.36. The van der Waals surface area contributed by atoms with Crippen LogP contribution < -0.4 is 11.1 Å². The van der Waals surface area contributed by atoms with Gasteiger partial charge >= 0.3 is 0 Å². The Labute approximate surface area is 126 Å². The number of carbonyl (C=O) groups is 1. The summed E-state index contributed by atoms with van der Waals surface area (Å²) in [5, 5.41) is 12.4. The van der Waals surface area contributed by atoms with E-state index in [1.54, 1.807) is 0 Å². The lowest BCUT2D eigenvalue weighted by Crippen LogP contribution is -2.58. The molecule has 0 radical (unpaired) electrons. The number of benzene rings is 1. The molecule has 1 saturated carbocycles. The van der Waals surface area contributed by atoms with Crippen LogP contribution in [0.15, 0.2) is 30.3 Å². The number of aliphatic hydroxyl groups excluding tert-OH is 1. The maximum atomic E-state index is 12.5. The number of hydrogen-bond acceptors (Lipinski definition) is 3. The third-order valence-electron chi connectivity index (χ3n) is 4.37. The van der Waals surface area contributed by atoms with Crippen LogP contribution in [0.1, 0.15) is 38.2 Å². The largest absolute Gasteiger partial charge is 0.394 e. The molecule has 3 unspecified atom stereocenters. The molecule has 0 bridgehead atoms. The molecule has 1 fully saturated rings. The third-order valence-corrected chi connectivity index (χ3v) is 4.37. The molecule has 0 aromatic heterocycles. The molecule has 0 saturated heterocycles. The molecule has 1 aliphatic carbocycles. The highest BCUT2D eigenvalue weighted by Crippen LogP contribution is 2.30. The van der Waals surface area contributed by atoms with Crippen molar-refractivity contribution in [3.63, 3.8) is 0 Å². The lowest BCUT2D eigenvalue weighted by atomic mass is 9.76. The Bertz CT molecular complexity index is 463. The second-order valence-corrected chi connectivity index (χ2v) is 6.40. The minimum Gasteiger partial charge on any atom is -0.394 e. The Morgan fingerprint density at radius 3 is 2.81 bits per heavy atom. The summed E-state index contributed by atoms with van der Waals surface area (Å²) in [5.41, 5.74) is 6.62. The summed E-state index contributed by atoms with van der Waals surface area (Å²) in [6.07, 6.45) is 4.21. The van der Waals surface area contributed by atoms with Gasteiger partial charge < -0.3 is 16.2 Å². The number of amides is 1. The normalized spacial score (nSPS) is 27.1. The van der Waals surface area contributed by atoms with Crippen LogP contribution in [0.3, 0.4) is 0 Å². The zero-order valence-electron chi connectivity index (χ0n) is 12.7. The maximum absolute atomic E-state index is 12.5. The second-order valence-electron chi connectivity index (χ2n) is 6.40. The molecule has 0 heterocycles. The predicted octanol–water partition coefficient (Wildman–Crippen LogP) is 1.61. The molecule has 4 nitrogen and oxygen atoms in total. The van der Waals surface area contributed by atoms with Crippen molar-refractivity contribution in [1.82, 2.24) is 5.32 Å². The molecular weight excluding hydrogens is 264 g/mol.